The summed E-state index contributed by atoms with van der Waals surface area (Å²) in [5, 5.41) is 20.7. The molecule has 3 aromatic rings. The first-order valence-corrected chi connectivity index (χ1v) is 11.8. The van der Waals surface area contributed by atoms with Crippen LogP contribution in [0.1, 0.15) is 60.0 Å². The van der Waals surface area contributed by atoms with Crippen molar-refractivity contribution in [3.05, 3.63) is 58.7 Å². The van der Waals surface area contributed by atoms with E-state index in [2.05, 4.69) is 32.0 Å². The first-order valence-electron chi connectivity index (χ1n) is 11.8. The molecule has 2 amide bonds. The van der Waals surface area contributed by atoms with Gasteiger partial charge in [-0.05, 0) is 62.1 Å². The topological polar surface area (TPSA) is 113 Å². The number of hydrogen-bond donors (Lipinski definition) is 2. The minimum Gasteiger partial charge on any atom is -0.393 e. The third-order valence-electron chi connectivity index (χ3n) is 6.58. The number of carbonyl (C=O) groups is 2. The van der Waals surface area contributed by atoms with Crippen LogP contribution in [0.4, 0.5) is 10.2 Å². The Bertz CT molecular complexity index is 1300. The van der Waals surface area contributed by atoms with E-state index >= 15 is 0 Å². The number of aryl methyl sites for hydroxylation is 1. The molecule has 2 atom stereocenters. The number of pyridine rings is 1. The Morgan fingerprint density at radius 3 is 2.86 bits per heavy atom. The van der Waals surface area contributed by atoms with E-state index in [1.807, 2.05) is 0 Å². The molecule has 0 aliphatic carbocycles. The predicted octanol–water partition coefficient (Wildman–Crippen LogP) is 2.89. The number of fused-ring (bicyclic) bond motifs is 2. The number of rotatable bonds is 5. The van der Waals surface area contributed by atoms with Gasteiger partial charge in [0.2, 0.25) is 5.91 Å². The van der Waals surface area contributed by atoms with E-state index in [0.717, 1.165) is 29.8 Å². The zero-order valence-electron chi connectivity index (χ0n) is 19.7. The number of hydrogen-bond acceptors (Lipinski definition) is 6. The van der Waals surface area contributed by atoms with Gasteiger partial charge >= 0.3 is 0 Å². The minimum absolute atomic E-state index is 0.0277. The number of halogens is 1. The van der Waals surface area contributed by atoms with Crippen LogP contribution in [0.5, 0.6) is 0 Å². The van der Waals surface area contributed by atoms with Crippen molar-refractivity contribution in [3.8, 4) is 11.5 Å². The molecule has 35 heavy (non-hydrogen) atoms. The first-order chi connectivity index (χ1) is 16.8. The Labute approximate surface area is 202 Å². The lowest BCUT2D eigenvalue weighted by molar-refractivity contribution is -0.133. The maximum atomic E-state index is 14.8. The second-order valence-corrected chi connectivity index (χ2v) is 9.28. The Hall–Kier alpha value is -3.66. The lowest BCUT2D eigenvalue weighted by atomic mass is 9.96. The van der Waals surface area contributed by atoms with Crippen LogP contribution in [0.2, 0.25) is 0 Å². The van der Waals surface area contributed by atoms with Crippen LogP contribution >= 0.6 is 0 Å². The van der Waals surface area contributed by atoms with E-state index in [1.165, 1.54) is 12.1 Å². The number of amides is 2. The molecule has 4 heterocycles. The summed E-state index contributed by atoms with van der Waals surface area (Å²) in [4.78, 5) is 31.5. The number of nitrogens with zero attached hydrogens (tertiary/aromatic N) is 5. The van der Waals surface area contributed by atoms with Gasteiger partial charge in [0.25, 0.3) is 5.91 Å². The first kappa shape index (κ1) is 23.1. The van der Waals surface area contributed by atoms with Crippen molar-refractivity contribution >= 4 is 17.6 Å². The van der Waals surface area contributed by atoms with Crippen LogP contribution in [-0.4, -0.2) is 54.2 Å². The summed E-state index contributed by atoms with van der Waals surface area (Å²) in [5.74, 6) is 0.425. The maximum Gasteiger partial charge on any atom is 0.259 e. The zero-order chi connectivity index (χ0) is 24.7. The quantitative estimate of drug-likeness (QED) is 0.583. The van der Waals surface area contributed by atoms with E-state index in [4.69, 9.17) is 0 Å². The summed E-state index contributed by atoms with van der Waals surface area (Å²) in [6, 6.07) is 8.33. The predicted molar refractivity (Wildman–Crippen MR) is 126 cm³/mol. The van der Waals surface area contributed by atoms with Crippen LogP contribution in [0.3, 0.4) is 0 Å². The minimum atomic E-state index is -0.733. The number of aliphatic hydroxyl groups is 1. The second-order valence-electron chi connectivity index (χ2n) is 9.28. The molecule has 0 saturated carbocycles. The van der Waals surface area contributed by atoms with E-state index in [-0.39, 0.29) is 36.3 Å². The fraction of sp³-hybridized carbons (Fsp3) is 0.400. The number of aromatic nitrogens is 4. The largest absolute Gasteiger partial charge is 0.393 e. The number of carbonyl (C=O) groups excluding carboxylic acids is 2. The van der Waals surface area contributed by atoms with Gasteiger partial charge in [0.05, 0.1) is 18.1 Å². The van der Waals surface area contributed by atoms with Crippen molar-refractivity contribution in [3.63, 3.8) is 0 Å². The third kappa shape index (κ3) is 4.53. The molecule has 2 aromatic heterocycles. The summed E-state index contributed by atoms with van der Waals surface area (Å²) in [5.41, 5.74) is 1.96. The van der Waals surface area contributed by atoms with Crippen molar-refractivity contribution in [2.24, 2.45) is 0 Å². The summed E-state index contributed by atoms with van der Waals surface area (Å²) in [6.07, 6.45) is 1.64. The van der Waals surface area contributed by atoms with E-state index < -0.39 is 17.8 Å². The molecule has 2 N–H and O–H groups in total. The average molecular weight is 479 g/mol. The molecule has 2 aliphatic heterocycles. The smallest absolute Gasteiger partial charge is 0.259 e. The van der Waals surface area contributed by atoms with Crippen molar-refractivity contribution < 1.29 is 19.1 Å². The SMILES string of the molecule is C[C@H](O)CC(=O)N1CCc2cc(F)c(C(=O)Nc3cccc(-c4nnc5n4[C@H](C)CC5)n3)cc2C1. The van der Waals surface area contributed by atoms with Crippen LogP contribution in [0, 0.1) is 5.82 Å². The van der Waals surface area contributed by atoms with Crippen LogP contribution in [-0.2, 0) is 24.2 Å². The van der Waals surface area contributed by atoms with Crippen LogP contribution < -0.4 is 5.32 Å². The van der Waals surface area contributed by atoms with Crippen LogP contribution in [0.15, 0.2) is 30.3 Å². The summed E-state index contributed by atoms with van der Waals surface area (Å²) in [7, 11) is 0. The highest BCUT2D eigenvalue weighted by atomic mass is 19.1. The standard InChI is InChI=1S/C25H27FN6O3/c1-14-6-7-22-29-30-24(32(14)22)20-4-3-5-21(27-20)28-25(35)18-11-17-13-31(23(34)10-15(2)33)9-8-16(17)12-19(18)26/h3-5,11-12,14-15,33H,6-10,13H2,1-2H3,(H,27,28,35)/t14-,15+/m1/s1. The highest BCUT2D eigenvalue weighted by Crippen LogP contribution is 2.30. The molecule has 0 spiro atoms. The van der Waals surface area contributed by atoms with Crippen molar-refractivity contribution in [2.45, 2.75) is 58.2 Å². The van der Waals surface area contributed by atoms with Gasteiger partial charge in [0.1, 0.15) is 23.2 Å². The number of anilines is 1. The third-order valence-corrected chi connectivity index (χ3v) is 6.58. The highest BCUT2D eigenvalue weighted by molar-refractivity contribution is 6.04. The van der Waals surface area contributed by atoms with Gasteiger partial charge in [0.15, 0.2) is 5.82 Å². The van der Waals surface area contributed by atoms with Crippen molar-refractivity contribution in [2.75, 3.05) is 11.9 Å². The monoisotopic (exact) mass is 478 g/mol. The van der Waals surface area contributed by atoms with Gasteiger partial charge in [-0.25, -0.2) is 9.37 Å². The molecule has 182 valence electrons. The molecular formula is C25H27FN6O3. The Kier molecular flexibility index (Phi) is 6.06. The summed E-state index contributed by atoms with van der Waals surface area (Å²) < 4.78 is 16.9. The molecule has 0 fully saturated rings. The summed E-state index contributed by atoms with van der Waals surface area (Å²) >= 11 is 0. The second kappa shape index (κ2) is 9.18. The van der Waals surface area contributed by atoms with E-state index in [0.29, 0.717) is 24.5 Å². The molecule has 0 saturated heterocycles. The van der Waals surface area contributed by atoms with Gasteiger partial charge in [0, 0.05) is 25.6 Å². The summed E-state index contributed by atoms with van der Waals surface area (Å²) in [6.45, 7) is 4.39. The fourth-order valence-corrected chi connectivity index (χ4v) is 4.76. The molecule has 9 nitrogen and oxygen atoms in total. The van der Waals surface area contributed by atoms with E-state index in [9.17, 15) is 19.1 Å². The lowest BCUT2D eigenvalue weighted by Gasteiger charge is -2.29. The highest BCUT2D eigenvalue weighted by Gasteiger charge is 2.26. The molecule has 1 aromatic carbocycles. The molecule has 5 rings (SSSR count). The number of benzene rings is 1. The van der Waals surface area contributed by atoms with Crippen molar-refractivity contribution in [1.29, 1.82) is 0 Å². The van der Waals surface area contributed by atoms with Gasteiger partial charge in [-0.3, -0.25) is 9.59 Å². The molecule has 2 aliphatic rings. The van der Waals surface area contributed by atoms with Gasteiger partial charge < -0.3 is 19.9 Å². The Balaban J connectivity index is 1.36. The lowest BCUT2D eigenvalue weighted by Crippen LogP contribution is -2.37. The van der Waals surface area contributed by atoms with Gasteiger partial charge in [-0.15, -0.1) is 10.2 Å². The number of aliphatic hydroxyl groups excluding tert-OH is 1. The van der Waals surface area contributed by atoms with Crippen molar-refractivity contribution in [1.82, 2.24) is 24.6 Å². The Morgan fingerprint density at radius 2 is 2.06 bits per heavy atom. The maximum absolute atomic E-state index is 14.8. The Morgan fingerprint density at radius 1 is 1.23 bits per heavy atom. The molecule has 0 radical (unpaired) electrons. The number of nitrogens with one attached hydrogen (secondary N) is 1. The van der Waals surface area contributed by atoms with Crippen LogP contribution in [0.25, 0.3) is 11.5 Å². The molecule has 0 unspecified atom stereocenters. The van der Waals surface area contributed by atoms with E-state index in [1.54, 1.807) is 30.0 Å². The molecule has 10 heteroatoms. The normalized spacial score (nSPS) is 17.6. The van der Waals surface area contributed by atoms with Gasteiger partial charge in [-0.2, -0.15) is 0 Å². The fourth-order valence-electron chi connectivity index (χ4n) is 4.76. The average Bonchev–Trinajstić information content (AvgIpc) is 3.41. The molecular weight excluding hydrogens is 451 g/mol. The van der Waals surface area contributed by atoms with Gasteiger partial charge in [-0.1, -0.05) is 6.07 Å². The zero-order valence-corrected chi connectivity index (χ0v) is 19.7. The molecule has 0 bridgehead atoms.